The summed E-state index contributed by atoms with van der Waals surface area (Å²) in [6.07, 6.45) is 0. The highest BCUT2D eigenvalue weighted by molar-refractivity contribution is 5.78. The van der Waals surface area contributed by atoms with E-state index in [4.69, 9.17) is 9.84 Å². The van der Waals surface area contributed by atoms with Crippen molar-refractivity contribution in [1.82, 2.24) is 19.6 Å². The van der Waals surface area contributed by atoms with Crippen molar-refractivity contribution in [3.63, 3.8) is 0 Å². The van der Waals surface area contributed by atoms with E-state index in [-0.39, 0.29) is 17.6 Å². The second-order valence-corrected chi connectivity index (χ2v) is 8.48. The number of benzene rings is 1. The number of amides is 1. The molecule has 7 nitrogen and oxygen atoms in total. The first-order chi connectivity index (χ1) is 14.8. The minimum atomic E-state index is -0.298. The molecule has 0 atom stereocenters. The van der Waals surface area contributed by atoms with E-state index in [9.17, 15) is 9.18 Å². The normalized spacial score (nSPS) is 15.0. The van der Waals surface area contributed by atoms with Gasteiger partial charge in [0.2, 0.25) is 5.91 Å². The Bertz CT molecular complexity index is 890. The Morgan fingerprint density at radius 3 is 2.58 bits per heavy atom. The maximum absolute atomic E-state index is 14.0. The van der Waals surface area contributed by atoms with Crippen molar-refractivity contribution in [2.45, 2.75) is 27.3 Å². The Morgan fingerprint density at radius 2 is 1.97 bits per heavy atom. The molecule has 2 heterocycles. The summed E-state index contributed by atoms with van der Waals surface area (Å²) in [7, 11) is 3.75. The van der Waals surface area contributed by atoms with Gasteiger partial charge in [0.15, 0.2) is 0 Å². The van der Waals surface area contributed by atoms with Crippen LogP contribution >= 0.6 is 0 Å². The molecule has 0 aliphatic carbocycles. The largest absolute Gasteiger partial charge is 0.383 e. The lowest BCUT2D eigenvalue weighted by Crippen LogP contribution is -2.46. The summed E-state index contributed by atoms with van der Waals surface area (Å²) in [4.78, 5) is 19.3. The second-order valence-electron chi connectivity index (χ2n) is 8.48. The van der Waals surface area contributed by atoms with E-state index in [1.165, 1.54) is 12.1 Å². The predicted molar refractivity (Wildman–Crippen MR) is 120 cm³/mol. The number of methoxy groups -OCH3 is 1. The number of ether oxygens (including phenoxy) is 1. The van der Waals surface area contributed by atoms with Crippen LogP contribution in [-0.4, -0.2) is 79.0 Å². The number of rotatable bonds is 8. The molecule has 1 aromatic carbocycles. The number of aryl methyl sites for hydroxylation is 1. The molecule has 1 fully saturated rings. The second kappa shape index (κ2) is 10.2. The molecule has 170 valence electrons. The lowest BCUT2D eigenvalue weighted by molar-refractivity contribution is -0.135. The Balaban J connectivity index is 2.04. The van der Waals surface area contributed by atoms with Crippen LogP contribution in [0.5, 0.6) is 0 Å². The number of anilines is 1. The average Bonchev–Trinajstić information content (AvgIpc) is 3.07. The van der Waals surface area contributed by atoms with Crippen LogP contribution in [0.25, 0.3) is 5.69 Å². The Labute approximate surface area is 184 Å². The number of aromatic nitrogens is 2. The lowest BCUT2D eigenvalue weighted by atomic mass is 10.1. The fraction of sp³-hybridized carbons (Fsp3) is 0.565. The molecule has 2 aromatic rings. The van der Waals surface area contributed by atoms with Crippen molar-refractivity contribution in [2.24, 2.45) is 5.92 Å². The van der Waals surface area contributed by atoms with Gasteiger partial charge in [-0.1, -0.05) is 19.9 Å². The number of carbonyl (C=O) groups excluding carboxylic acids is 1. The van der Waals surface area contributed by atoms with E-state index in [0.29, 0.717) is 25.4 Å². The van der Waals surface area contributed by atoms with Crippen molar-refractivity contribution < 1.29 is 13.9 Å². The zero-order chi connectivity index (χ0) is 22.5. The van der Waals surface area contributed by atoms with Crippen LogP contribution in [0.1, 0.15) is 25.1 Å². The van der Waals surface area contributed by atoms with Crippen LogP contribution in [0.4, 0.5) is 10.2 Å². The van der Waals surface area contributed by atoms with Gasteiger partial charge in [-0.05, 0) is 32.2 Å². The van der Waals surface area contributed by atoms with Gasteiger partial charge in [-0.3, -0.25) is 4.79 Å². The van der Waals surface area contributed by atoms with Crippen LogP contribution in [0.3, 0.4) is 0 Å². The number of carbonyl (C=O) groups is 1. The number of likely N-dealkylation sites (N-methyl/N-ethyl adjacent to an activating group) is 1. The molecule has 31 heavy (non-hydrogen) atoms. The summed E-state index contributed by atoms with van der Waals surface area (Å²) in [6, 6.07) is 6.49. The zero-order valence-corrected chi connectivity index (χ0v) is 19.3. The molecule has 0 radical (unpaired) electrons. The van der Waals surface area contributed by atoms with E-state index in [1.807, 2.05) is 36.4 Å². The van der Waals surface area contributed by atoms with Gasteiger partial charge in [-0.15, -0.1) is 0 Å². The van der Waals surface area contributed by atoms with Crippen molar-refractivity contribution >= 4 is 11.7 Å². The molecule has 0 spiro atoms. The maximum atomic E-state index is 14.0. The Morgan fingerprint density at radius 1 is 1.26 bits per heavy atom. The fourth-order valence-corrected chi connectivity index (χ4v) is 3.89. The van der Waals surface area contributed by atoms with Gasteiger partial charge in [0.1, 0.15) is 11.6 Å². The molecular weight excluding hydrogens is 397 g/mol. The first kappa shape index (κ1) is 23.2. The lowest BCUT2D eigenvalue weighted by Gasteiger charge is -2.35. The highest BCUT2D eigenvalue weighted by atomic mass is 19.1. The molecule has 3 rings (SSSR count). The summed E-state index contributed by atoms with van der Waals surface area (Å²) in [5, 5.41) is 4.78. The molecule has 1 aromatic heterocycles. The molecule has 0 unspecified atom stereocenters. The molecule has 1 saturated heterocycles. The third-order valence-corrected chi connectivity index (χ3v) is 5.73. The Kier molecular flexibility index (Phi) is 7.67. The van der Waals surface area contributed by atoms with Crippen molar-refractivity contribution in [2.75, 3.05) is 58.4 Å². The molecule has 1 aliphatic rings. The molecule has 1 aliphatic heterocycles. The van der Waals surface area contributed by atoms with E-state index in [2.05, 4.69) is 16.8 Å². The third kappa shape index (κ3) is 5.43. The summed E-state index contributed by atoms with van der Waals surface area (Å²) in [5.74, 6) is 0.616. The standard InChI is InChI=1S/C23H34FN5O2/c1-17(2)23(30)28(13-14-31-5)16-21-18(3)25-29(20-8-6-7-19(24)15-20)22(21)27-11-9-26(4)10-12-27/h6-8,15,17H,9-14,16H2,1-5H3. The SMILES string of the molecule is COCCN(Cc1c(C)nn(-c2cccc(F)c2)c1N1CCN(C)CC1)C(=O)C(C)C. The van der Waals surface area contributed by atoms with E-state index in [0.717, 1.165) is 43.3 Å². The van der Waals surface area contributed by atoms with Gasteiger partial charge in [-0.2, -0.15) is 5.10 Å². The molecular formula is C23H34FN5O2. The van der Waals surface area contributed by atoms with Gasteiger partial charge >= 0.3 is 0 Å². The third-order valence-electron chi connectivity index (χ3n) is 5.73. The molecule has 1 amide bonds. The summed E-state index contributed by atoms with van der Waals surface area (Å²) < 4.78 is 21.1. The fourth-order valence-electron chi connectivity index (χ4n) is 3.89. The van der Waals surface area contributed by atoms with Gasteiger partial charge < -0.3 is 19.4 Å². The minimum absolute atomic E-state index is 0.0827. The topological polar surface area (TPSA) is 53.8 Å². The maximum Gasteiger partial charge on any atom is 0.225 e. The van der Waals surface area contributed by atoms with Gasteiger partial charge in [0.05, 0.1) is 24.5 Å². The predicted octanol–water partition coefficient (Wildman–Crippen LogP) is 2.70. The monoisotopic (exact) mass is 431 g/mol. The van der Waals surface area contributed by atoms with Gasteiger partial charge in [-0.25, -0.2) is 9.07 Å². The first-order valence-corrected chi connectivity index (χ1v) is 10.9. The smallest absolute Gasteiger partial charge is 0.225 e. The van der Waals surface area contributed by atoms with E-state index >= 15 is 0 Å². The van der Waals surface area contributed by atoms with E-state index in [1.54, 1.807) is 13.2 Å². The zero-order valence-electron chi connectivity index (χ0n) is 19.3. The molecule has 0 saturated carbocycles. The number of hydrogen-bond donors (Lipinski definition) is 0. The van der Waals surface area contributed by atoms with E-state index < -0.39 is 0 Å². The summed E-state index contributed by atoms with van der Waals surface area (Å²) >= 11 is 0. The molecule has 0 N–H and O–H groups in total. The summed E-state index contributed by atoms with van der Waals surface area (Å²) in [6.45, 7) is 10.8. The minimum Gasteiger partial charge on any atom is -0.383 e. The van der Waals surface area contributed by atoms with Crippen molar-refractivity contribution in [3.8, 4) is 5.69 Å². The van der Waals surface area contributed by atoms with Crippen LogP contribution in [0.2, 0.25) is 0 Å². The van der Waals surface area contributed by atoms with Crippen LogP contribution in [0.15, 0.2) is 24.3 Å². The molecule has 0 bridgehead atoms. The van der Waals surface area contributed by atoms with Gasteiger partial charge in [0, 0.05) is 51.3 Å². The quantitative estimate of drug-likeness (QED) is 0.643. The van der Waals surface area contributed by atoms with Crippen LogP contribution in [-0.2, 0) is 16.1 Å². The number of halogens is 1. The van der Waals surface area contributed by atoms with Crippen molar-refractivity contribution in [3.05, 3.63) is 41.3 Å². The highest BCUT2D eigenvalue weighted by Crippen LogP contribution is 2.30. The first-order valence-electron chi connectivity index (χ1n) is 10.9. The van der Waals surface area contributed by atoms with Crippen LogP contribution < -0.4 is 4.90 Å². The Hall–Kier alpha value is -2.45. The summed E-state index contributed by atoms with van der Waals surface area (Å²) in [5.41, 5.74) is 2.53. The van der Waals surface area contributed by atoms with Crippen molar-refractivity contribution in [1.29, 1.82) is 0 Å². The number of piperazine rings is 1. The number of nitrogens with zero attached hydrogens (tertiary/aromatic N) is 5. The molecule has 8 heteroatoms. The van der Waals surface area contributed by atoms with Gasteiger partial charge in [0.25, 0.3) is 0 Å². The average molecular weight is 432 g/mol. The number of hydrogen-bond acceptors (Lipinski definition) is 5. The van der Waals surface area contributed by atoms with Crippen LogP contribution in [0, 0.1) is 18.7 Å². The highest BCUT2D eigenvalue weighted by Gasteiger charge is 2.27.